The van der Waals surface area contributed by atoms with Gasteiger partial charge in [0.15, 0.2) is 0 Å². The van der Waals surface area contributed by atoms with Gasteiger partial charge in [-0.05, 0) is 29.1 Å². The topological polar surface area (TPSA) is 43.9 Å². The van der Waals surface area contributed by atoms with Gasteiger partial charge in [0, 0.05) is 36.4 Å². The molecule has 0 aliphatic carbocycles. The van der Waals surface area contributed by atoms with Crippen molar-refractivity contribution in [3.8, 4) is 39.5 Å². The summed E-state index contributed by atoms with van der Waals surface area (Å²) in [4.78, 5) is 9.77. The SMILES string of the molecule is [2H]C([2H])([2H])c1c[c-]c(-c2cc(C([2H])(C)C)[c]([Ge]([CH3])([CH3])[CH3])cn2)cc1.[Ir].[c-]1ccc2c(oc3ccccc32)c1-c1nc2ccccc2n1-c1c(-c2ccccc2)ccc2ccccc12. The van der Waals surface area contributed by atoms with Gasteiger partial charge in [-0.2, -0.15) is 0 Å². The third kappa shape index (κ3) is 7.71. The minimum absolute atomic E-state index is 0. The standard InChI is InChI=1S/C35H21N2O.C18H24GeN.Ir/c1-2-11-23(12-3-1)26-22-21-24-13-4-5-14-25(24)33(26)37-31-19-8-7-18-30(31)36-35(37)29-17-10-16-28-27-15-6-9-20-32(27)38-34(28)29;1-13(2)16-11-18(15-9-7-14(3)8-10-15)20-12-17(16)19(4,5)6;/h1-16,18-22H;7-9,11-13H,1-6H3;/q2*-1;/i;3D3,13D;. The number of pyridine rings is 1. The van der Waals surface area contributed by atoms with E-state index in [1.165, 1.54) is 15.8 Å². The second-order valence-electron chi connectivity index (χ2n) is 15.9. The first-order valence-corrected chi connectivity index (χ1v) is 26.9. The van der Waals surface area contributed by atoms with Crippen molar-refractivity contribution in [3.05, 3.63) is 181 Å². The molecule has 59 heavy (non-hydrogen) atoms. The molecule has 0 amide bonds. The van der Waals surface area contributed by atoms with Crippen molar-refractivity contribution < 1.29 is 30.0 Å². The maximum atomic E-state index is 8.49. The molecule has 0 saturated carbocycles. The Morgan fingerprint density at radius 1 is 0.763 bits per heavy atom. The van der Waals surface area contributed by atoms with E-state index in [4.69, 9.17) is 14.9 Å². The fourth-order valence-electron chi connectivity index (χ4n) is 7.82. The van der Waals surface area contributed by atoms with Crippen molar-refractivity contribution in [1.82, 2.24) is 14.5 Å². The average Bonchev–Trinajstić information content (AvgIpc) is 3.84. The molecule has 6 heteroatoms. The summed E-state index contributed by atoms with van der Waals surface area (Å²) in [6.07, 6.45) is 1.91. The van der Waals surface area contributed by atoms with E-state index in [0.717, 1.165) is 83.4 Å². The number of hydrogen-bond donors (Lipinski definition) is 0. The van der Waals surface area contributed by atoms with Crippen molar-refractivity contribution in [2.24, 2.45) is 0 Å². The number of aromatic nitrogens is 3. The largest absolute Gasteiger partial charge is 0.501 e. The summed E-state index contributed by atoms with van der Waals surface area (Å²) in [6, 6.07) is 57.4. The number of fused-ring (bicyclic) bond motifs is 5. The summed E-state index contributed by atoms with van der Waals surface area (Å²) >= 11 is -2.14. The van der Waals surface area contributed by atoms with Gasteiger partial charge in [-0.25, -0.2) is 0 Å². The second kappa shape index (κ2) is 16.6. The predicted octanol–water partition coefficient (Wildman–Crippen LogP) is 13.7. The molecule has 7 aromatic carbocycles. The van der Waals surface area contributed by atoms with Crippen LogP contribution in [0.2, 0.25) is 17.3 Å². The summed E-state index contributed by atoms with van der Waals surface area (Å²) in [5.74, 6) is 6.99. The van der Waals surface area contributed by atoms with Crippen molar-refractivity contribution in [2.45, 2.75) is 43.9 Å². The van der Waals surface area contributed by atoms with Gasteiger partial charge in [0.1, 0.15) is 5.58 Å². The van der Waals surface area contributed by atoms with Gasteiger partial charge in [-0.1, -0.05) is 108 Å². The zero-order chi connectivity index (χ0) is 43.4. The number of furan rings is 1. The number of para-hydroxylation sites is 3. The molecule has 0 bridgehead atoms. The Balaban J connectivity index is 0.000000190. The Morgan fingerprint density at radius 3 is 2.27 bits per heavy atom. The number of aryl methyl sites for hydroxylation is 1. The summed E-state index contributed by atoms with van der Waals surface area (Å²) in [5.41, 5.74) is 10.6. The van der Waals surface area contributed by atoms with Crippen LogP contribution in [0.5, 0.6) is 0 Å². The van der Waals surface area contributed by atoms with Crippen molar-refractivity contribution in [3.63, 3.8) is 0 Å². The molecule has 3 aromatic heterocycles. The molecule has 0 N–H and O–H groups in total. The van der Waals surface area contributed by atoms with Gasteiger partial charge >= 0.3 is 131 Å². The number of hydrogen-bond acceptors (Lipinski definition) is 3. The normalized spacial score (nSPS) is 13.0. The van der Waals surface area contributed by atoms with Crippen LogP contribution in [-0.2, 0) is 20.1 Å². The van der Waals surface area contributed by atoms with Crippen LogP contribution in [0, 0.1) is 19.0 Å². The Bertz CT molecular complexity index is 3260. The molecule has 10 aromatic rings. The first-order chi connectivity index (χ1) is 29.7. The van der Waals surface area contributed by atoms with E-state index in [2.05, 4.69) is 136 Å². The predicted molar refractivity (Wildman–Crippen MR) is 246 cm³/mol. The average molecular weight is 1010 g/mol. The minimum Gasteiger partial charge on any atom is -0.501 e. The summed E-state index contributed by atoms with van der Waals surface area (Å²) in [5, 5.41) is 4.50. The monoisotopic (exact) mass is 1010 g/mol. The third-order valence-corrected chi connectivity index (χ3v) is 14.9. The van der Waals surface area contributed by atoms with E-state index in [1.807, 2.05) is 56.4 Å². The molecule has 0 aliphatic rings. The van der Waals surface area contributed by atoms with Crippen molar-refractivity contribution >= 4 is 61.4 Å². The van der Waals surface area contributed by atoms with E-state index < -0.39 is 26.0 Å². The van der Waals surface area contributed by atoms with Crippen LogP contribution in [0.15, 0.2) is 162 Å². The second-order valence-corrected chi connectivity index (χ2v) is 26.4. The smallest absolute Gasteiger partial charge is 0.120 e. The quantitative estimate of drug-likeness (QED) is 0.123. The maximum absolute atomic E-state index is 8.49. The molecule has 1 radical (unpaired) electrons. The van der Waals surface area contributed by atoms with E-state index in [0.29, 0.717) is 0 Å². The van der Waals surface area contributed by atoms with Crippen molar-refractivity contribution in [1.29, 1.82) is 0 Å². The summed E-state index contributed by atoms with van der Waals surface area (Å²) in [6.45, 7) is 1.66. The van der Waals surface area contributed by atoms with Crippen LogP contribution in [0.1, 0.15) is 36.4 Å². The molecular weight excluding hydrogens is 959 g/mol. The number of imidazole rings is 1. The van der Waals surface area contributed by atoms with Crippen LogP contribution in [-0.4, -0.2) is 27.8 Å². The van der Waals surface area contributed by atoms with Gasteiger partial charge in [0.2, 0.25) is 0 Å². The zero-order valence-corrected chi connectivity index (χ0v) is 38.1. The van der Waals surface area contributed by atoms with E-state index in [1.54, 1.807) is 12.1 Å². The van der Waals surface area contributed by atoms with Gasteiger partial charge in [-0.3, -0.25) is 4.98 Å². The van der Waals surface area contributed by atoms with E-state index in [-0.39, 0.29) is 25.7 Å². The zero-order valence-electron chi connectivity index (χ0n) is 37.6. The number of benzene rings is 7. The van der Waals surface area contributed by atoms with E-state index >= 15 is 0 Å². The summed E-state index contributed by atoms with van der Waals surface area (Å²) in [7, 11) is 0. The molecule has 3 heterocycles. The van der Waals surface area contributed by atoms with Crippen LogP contribution in [0.4, 0.5) is 0 Å². The molecular formula is C53H45GeIrN3O-2. The number of rotatable bonds is 6. The minimum atomic E-state index is -2.14. The molecule has 0 unspecified atom stereocenters. The first-order valence-electron chi connectivity index (χ1n) is 21.6. The van der Waals surface area contributed by atoms with Gasteiger partial charge in [0.25, 0.3) is 0 Å². The molecule has 10 rings (SSSR count). The molecule has 0 saturated heterocycles. The van der Waals surface area contributed by atoms with Gasteiger partial charge < -0.3 is 8.98 Å². The first kappa shape index (κ1) is 35.4. The van der Waals surface area contributed by atoms with Gasteiger partial charge in [0.05, 0.1) is 28.1 Å². The maximum Gasteiger partial charge on any atom is 0.120 e. The third-order valence-electron chi connectivity index (χ3n) is 10.7. The van der Waals surface area contributed by atoms with Crippen LogP contribution >= 0.6 is 0 Å². The van der Waals surface area contributed by atoms with Crippen LogP contribution < -0.4 is 4.40 Å². The van der Waals surface area contributed by atoms with E-state index in [9.17, 15) is 0 Å². The molecule has 0 aliphatic heterocycles. The Morgan fingerprint density at radius 2 is 1.51 bits per heavy atom. The molecule has 0 fully saturated rings. The fourth-order valence-corrected chi connectivity index (χ4v) is 11.1. The Kier molecular flexibility index (Phi) is 9.94. The molecule has 0 spiro atoms. The summed E-state index contributed by atoms with van der Waals surface area (Å²) < 4.78 is 40.8. The number of nitrogens with zero attached hydrogens (tertiary/aromatic N) is 3. The molecule has 293 valence electrons. The van der Waals surface area contributed by atoms with Crippen molar-refractivity contribution in [2.75, 3.05) is 0 Å². The molecule has 0 atom stereocenters. The Hall–Kier alpha value is -5.59. The fraction of sp³-hybridized carbons (Fsp3) is 0.132. The Labute approximate surface area is 368 Å². The van der Waals surface area contributed by atoms with Gasteiger partial charge in [-0.15, -0.1) is 18.2 Å². The molecule has 4 nitrogen and oxygen atoms in total. The van der Waals surface area contributed by atoms with Crippen LogP contribution in [0.3, 0.4) is 0 Å². The van der Waals surface area contributed by atoms with Crippen LogP contribution in [0.25, 0.3) is 83.2 Å².